The molecule has 0 amide bonds. The van der Waals surface area contributed by atoms with Gasteiger partial charge in [0.25, 0.3) is 0 Å². The van der Waals surface area contributed by atoms with Crippen molar-refractivity contribution < 1.29 is 8.81 Å². The average Bonchev–Trinajstić information content (AvgIpc) is 2.83. The van der Waals surface area contributed by atoms with Gasteiger partial charge in [0.1, 0.15) is 18.1 Å². The van der Waals surface area contributed by atoms with Crippen LogP contribution in [0.25, 0.3) is 11.0 Å². The fourth-order valence-corrected chi connectivity index (χ4v) is 2.20. The van der Waals surface area contributed by atoms with Crippen molar-refractivity contribution in [3.63, 3.8) is 0 Å². The lowest BCUT2D eigenvalue weighted by Gasteiger charge is -2.03. The molecule has 7 heteroatoms. The third kappa shape index (κ3) is 2.02. The normalized spacial score (nSPS) is 11.4. The van der Waals surface area contributed by atoms with Gasteiger partial charge < -0.3 is 14.7 Å². The number of benzene rings is 1. The van der Waals surface area contributed by atoms with Crippen LogP contribution in [0.2, 0.25) is 5.02 Å². The van der Waals surface area contributed by atoms with Crippen LogP contribution < -0.4 is 5.73 Å². The minimum Gasteiger partial charge on any atom is -0.444 e. The predicted molar refractivity (Wildman–Crippen MR) is 74.2 cm³/mol. The molecule has 104 valence electrons. The quantitative estimate of drug-likeness (QED) is 0.788. The van der Waals surface area contributed by atoms with E-state index < -0.39 is 5.82 Å². The van der Waals surface area contributed by atoms with Crippen LogP contribution in [-0.4, -0.2) is 14.5 Å². The highest BCUT2D eigenvalue weighted by Crippen LogP contribution is 2.25. The molecule has 3 aromatic rings. The molecule has 2 N–H and O–H groups in total. The van der Waals surface area contributed by atoms with Gasteiger partial charge in [-0.05, 0) is 19.9 Å². The molecule has 20 heavy (non-hydrogen) atoms. The lowest BCUT2D eigenvalue weighted by atomic mass is 10.3. The van der Waals surface area contributed by atoms with Gasteiger partial charge in [-0.3, -0.25) is 0 Å². The average molecular weight is 295 g/mol. The first-order chi connectivity index (χ1) is 9.45. The molecule has 0 unspecified atom stereocenters. The van der Waals surface area contributed by atoms with Crippen LogP contribution >= 0.6 is 11.6 Å². The molecule has 2 aromatic heterocycles. The lowest BCUT2D eigenvalue weighted by Crippen LogP contribution is -2.04. The molecule has 0 aliphatic heterocycles. The number of rotatable bonds is 2. The number of oxazole rings is 1. The van der Waals surface area contributed by atoms with Crippen molar-refractivity contribution >= 4 is 28.6 Å². The van der Waals surface area contributed by atoms with E-state index in [0.717, 1.165) is 11.5 Å². The van der Waals surface area contributed by atoms with Gasteiger partial charge in [-0.15, -0.1) is 0 Å². The lowest BCUT2D eigenvalue weighted by molar-refractivity contribution is 0.460. The Morgan fingerprint density at radius 2 is 2.10 bits per heavy atom. The molecule has 0 saturated heterocycles. The second kappa shape index (κ2) is 4.49. The zero-order valence-electron chi connectivity index (χ0n) is 10.9. The molecule has 1 aromatic carbocycles. The Labute approximate surface area is 119 Å². The Balaban J connectivity index is 2.11. The van der Waals surface area contributed by atoms with E-state index in [2.05, 4.69) is 9.97 Å². The maximum Gasteiger partial charge on any atom is 0.214 e. The summed E-state index contributed by atoms with van der Waals surface area (Å²) >= 11 is 5.81. The molecule has 0 fully saturated rings. The van der Waals surface area contributed by atoms with Gasteiger partial charge in [-0.25, -0.2) is 14.4 Å². The number of hydrogen-bond donors (Lipinski definition) is 1. The number of fused-ring (bicyclic) bond motifs is 1. The van der Waals surface area contributed by atoms with E-state index in [1.54, 1.807) is 4.57 Å². The molecule has 2 heterocycles. The molecule has 0 aliphatic rings. The third-order valence-electron chi connectivity index (χ3n) is 3.19. The van der Waals surface area contributed by atoms with Crippen molar-refractivity contribution in [1.82, 2.24) is 14.5 Å². The number of aryl methyl sites for hydroxylation is 2. The second-order valence-electron chi connectivity index (χ2n) is 4.56. The number of imidazole rings is 1. The second-order valence-corrected chi connectivity index (χ2v) is 4.97. The van der Waals surface area contributed by atoms with Crippen LogP contribution in [-0.2, 0) is 6.54 Å². The number of nitrogen functional groups attached to an aromatic ring is 1. The number of nitrogens with zero attached hydrogens (tertiary/aromatic N) is 3. The summed E-state index contributed by atoms with van der Waals surface area (Å²) < 4.78 is 20.6. The van der Waals surface area contributed by atoms with Crippen LogP contribution in [0.4, 0.5) is 10.3 Å². The number of anilines is 1. The summed E-state index contributed by atoms with van der Waals surface area (Å²) in [6.45, 7) is 4.02. The fourth-order valence-electron chi connectivity index (χ4n) is 2.05. The summed E-state index contributed by atoms with van der Waals surface area (Å²) in [5.41, 5.74) is 7.78. The summed E-state index contributed by atoms with van der Waals surface area (Å²) in [6, 6.07) is 2.76. The van der Waals surface area contributed by atoms with E-state index in [4.69, 9.17) is 21.8 Å². The molecule has 5 nitrogen and oxygen atoms in total. The van der Waals surface area contributed by atoms with Gasteiger partial charge >= 0.3 is 0 Å². The summed E-state index contributed by atoms with van der Waals surface area (Å²) in [6.07, 6.45) is 0. The summed E-state index contributed by atoms with van der Waals surface area (Å²) in [7, 11) is 0. The van der Waals surface area contributed by atoms with Crippen molar-refractivity contribution in [2.24, 2.45) is 0 Å². The molecular weight excluding hydrogens is 283 g/mol. The van der Waals surface area contributed by atoms with Crippen molar-refractivity contribution in [3.05, 3.63) is 40.3 Å². The van der Waals surface area contributed by atoms with E-state index in [1.165, 1.54) is 12.1 Å². The van der Waals surface area contributed by atoms with Crippen LogP contribution in [0, 0.1) is 19.7 Å². The molecule has 0 spiro atoms. The van der Waals surface area contributed by atoms with Crippen molar-refractivity contribution in [2.45, 2.75) is 20.4 Å². The molecule has 3 rings (SSSR count). The molecule has 0 atom stereocenters. The SMILES string of the molecule is Cc1nc(Cn2c(N)nc3cc(F)c(Cl)cc32)oc1C. The zero-order valence-corrected chi connectivity index (χ0v) is 11.7. The summed E-state index contributed by atoms with van der Waals surface area (Å²) in [5, 5.41) is 0.0263. The Morgan fingerprint density at radius 1 is 1.35 bits per heavy atom. The molecule has 0 aliphatic carbocycles. The van der Waals surface area contributed by atoms with E-state index >= 15 is 0 Å². The van der Waals surface area contributed by atoms with Crippen LogP contribution in [0.15, 0.2) is 16.5 Å². The van der Waals surface area contributed by atoms with E-state index in [9.17, 15) is 4.39 Å². The molecule has 0 radical (unpaired) electrons. The Kier molecular flexibility index (Phi) is 2.90. The van der Waals surface area contributed by atoms with Gasteiger partial charge in [0.2, 0.25) is 11.8 Å². The Hall–Kier alpha value is -2.08. The Bertz CT molecular complexity index is 789. The third-order valence-corrected chi connectivity index (χ3v) is 3.48. The van der Waals surface area contributed by atoms with Gasteiger partial charge in [-0.1, -0.05) is 11.6 Å². The Morgan fingerprint density at radius 3 is 2.75 bits per heavy atom. The zero-order chi connectivity index (χ0) is 14.4. The van der Waals surface area contributed by atoms with E-state index in [0.29, 0.717) is 23.5 Å². The summed E-state index contributed by atoms with van der Waals surface area (Å²) in [4.78, 5) is 8.41. The highest BCUT2D eigenvalue weighted by Gasteiger charge is 2.14. The number of hydrogen-bond acceptors (Lipinski definition) is 4. The van der Waals surface area contributed by atoms with Gasteiger partial charge in [0, 0.05) is 6.07 Å². The number of nitrogens with two attached hydrogens (primary N) is 1. The van der Waals surface area contributed by atoms with Gasteiger partial charge in [-0.2, -0.15) is 0 Å². The topological polar surface area (TPSA) is 69.9 Å². The van der Waals surface area contributed by atoms with Gasteiger partial charge in [0.05, 0.1) is 21.7 Å². The molecule has 0 saturated carbocycles. The first-order valence-electron chi connectivity index (χ1n) is 5.99. The minimum absolute atomic E-state index is 0.0263. The number of halogens is 2. The maximum absolute atomic E-state index is 13.4. The first-order valence-corrected chi connectivity index (χ1v) is 6.37. The first kappa shape index (κ1) is 12.9. The monoisotopic (exact) mass is 294 g/mol. The predicted octanol–water partition coefficient (Wildman–Crippen LogP) is 3.06. The van der Waals surface area contributed by atoms with Crippen LogP contribution in [0.1, 0.15) is 17.3 Å². The highest BCUT2D eigenvalue weighted by atomic mass is 35.5. The highest BCUT2D eigenvalue weighted by molar-refractivity contribution is 6.31. The minimum atomic E-state index is -0.522. The van der Waals surface area contributed by atoms with Gasteiger partial charge in [0.15, 0.2) is 0 Å². The van der Waals surface area contributed by atoms with Crippen molar-refractivity contribution in [1.29, 1.82) is 0 Å². The smallest absolute Gasteiger partial charge is 0.214 e. The maximum atomic E-state index is 13.4. The van der Waals surface area contributed by atoms with Crippen molar-refractivity contribution in [2.75, 3.05) is 5.73 Å². The largest absolute Gasteiger partial charge is 0.444 e. The van der Waals surface area contributed by atoms with E-state index in [1.807, 2.05) is 13.8 Å². The standard InChI is InChI=1S/C13H12ClFN4O/c1-6-7(2)20-12(17-6)5-19-11-3-8(14)9(15)4-10(11)18-13(19)16/h3-4H,5H2,1-2H3,(H2,16,18). The van der Waals surface area contributed by atoms with Crippen LogP contribution in [0.3, 0.4) is 0 Å². The van der Waals surface area contributed by atoms with Crippen LogP contribution in [0.5, 0.6) is 0 Å². The number of aromatic nitrogens is 3. The molecule has 0 bridgehead atoms. The van der Waals surface area contributed by atoms with E-state index in [-0.39, 0.29) is 11.0 Å². The summed E-state index contributed by atoms with van der Waals surface area (Å²) in [5.74, 6) is 1.01. The molecular formula is C13H12ClFN4O. The fraction of sp³-hybridized carbons (Fsp3) is 0.231. The van der Waals surface area contributed by atoms with Crippen molar-refractivity contribution in [3.8, 4) is 0 Å².